The number of anilines is 1. The van der Waals surface area contributed by atoms with Crippen LogP contribution >= 0.6 is 11.6 Å². The normalized spacial score (nSPS) is 11.3. The number of nitrogens with zero attached hydrogens (tertiary/aromatic N) is 2. The number of ether oxygens (including phenoxy) is 1. The van der Waals surface area contributed by atoms with Gasteiger partial charge in [-0.05, 0) is 35.9 Å². The highest BCUT2D eigenvalue weighted by Gasteiger charge is 2.31. The van der Waals surface area contributed by atoms with Gasteiger partial charge in [-0.3, -0.25) is 4.98 Å². The average molecular weight is 398 g/mol. The molecule has 0 fully saturated rings. The van der Waals surface area contributed by atoms with Crippen molar-refractivity contribution >= 4 is 17.4 Å². The molecule has 9 heteroatoms. The Morgan fingerprint density at radius 1 is 1.11 bits per heavy atom. The smallest absolute Gasteiger partial charge is 0.417 e. The molecule has 0 atom stereocenters. The maximum atomic E-state index is 14.2. The minimum Gasteiger partial charge on any atom is -0.453 e. The fraction of sp³-hybridized carbons (Fsp3) is 0.111. The molecule has 0 bridgehead atoms. The first-order valence-corrected chi connectivity index (χ1v) is 8.03. The molecule has 0 amide bonds. The van der Waals surface area contributed by atoms with Crippen LogP contribution in [0.3, 0.4) is 0 Å². The zero-order chi connectivity index (χ0) is 19.4. The number of alkyl halides is 3. The van der Waals surface area contributed by atoms with E-state index >= 15 is 0 Å². The van der Waals surface area contributed by atoms with Crippen molar-refractivity contribution in [1.29, 1.82) is 0 Å². The fourth-order valence-corrected chi connectivity index (χ4v) is 2.41. The maximum absolute atomic E-state index is 14.2. The topological polar surface area (TPSA) is 47.0 Å². The summed E-state index contributed by atoms with van der Waals surface area (Å²) in [6, 6.07) is 8.38. The lowest BCUT2D eigenvalue weighted by Crippen LogP contribution is -2.08. The molecule has 2 heterocycles. The Morgan fingerprint density at radius 3 is 2.56 bits per heavy atom. The third-order valence-electron chi connectivity index (χ3n) is 3.49. The molecule has 0 aliphatic heterocycles. The Bertz CT molecular complexity index is 936. The van der Waals surface area contributed by atoms with E-state index in [1.165, 1.54) is 18.3 Å². The van der Waals surface area contributed by atoms with Crippen LogP contribution in [0.15, 0.2) is 55.0 Å². The zero-order valence-electron chi connectivity index (χ0n) is 13.6. The molecule has 0 saturated heterocycles. The summed E-state index contributed by atoms with van der Waals surface area (Å²) >= 11 is 5.82. The van der Waals surface area contributed by atoms with Gasteiger partial charge in [-0.15, -0.1) is 0 Å². The van der Waals surface area contributed by atoms with E-state index in [1.54, 1.807) is 24.4 Å². The van der Waals surface area contributed by atoms with Crippen LogP contribution in [0, 0.1) is 5.82 Å². The van der Waals surface area contributed by atoms with Crippen molar-refractivity contribution in [1.82, 2.24) is 9.97 Å². The predicted molar refractivity (Wildman–Crippen MR) is 92.3 cm³/mol. The summed E-state index contributed by atoms with van der Waals surface area (Å²) in [7, 11) is 0. The van der Waals surface area contributed by atoms with Crippen LogP contribution < -0.4 is 10.1 Å². The number of pyridine rings is 2. The second-order valence-corrected chi connectivity index (χ2v) is 5.87. The molecule has 0 saturated carbocycles. The van der Waals surface area contributed by atoms with E-state index in [0.717, 1.165) is 6.07 Å². The van der Waals surface area contributed by atoms with Crippen molar-refractivity contribution < 1.29 is 22.3 Å². The summed E-state index contributed by atoms with van der Waals surface area (Å²) in [4.78, 5) is 7.54. The van der Waals surface area contributed by atoms with Gasteiger partial charge in [0.05, 0.1) is 16.8 Å². The van der Waals surface area contributed by atoms with E-state index in [2.05, 4.69) is 15.3 Å². The average Bonchev–Trinajstić information content (AvgIpc) is 2.63. The molecule has 0 aliphatic carbocycles. The van der Waals surface area contributed by atoms with Gasteiger partial charge < -0.3 is 10.1 Å². The highest BCUT2D eigenvalue weighted by Crippen LogP contribution is 2.32. The molecule has 0 radical (unpaired) electrons. The van der Waals surface area contributed by atoms with Crippen molar-refractivity contribution in [2.24, 2.45) is 0 Å². The third kappa shape index (κ3) is 4.85. The second-order valence-electron chi connectivity index (χ2n) is 5.46. The predicted octanol–water partition coefficient (Wildman–Crippen LogP) is 5.69. The van der Waals surface area contributed by atoms with Gasteiger partial charge in [-0.25, -0.2) is 9.37 Å². The first-order chi connectivity index (χ1) is 12.8. The molecular formula is C18H12ClF4N3O. The second kappa shape index (κ2) is 7.79. The van der Waals surface area contributed by atoms with Crippen LogP contribution in [0.4, 0.5) is 23.4 Å². The van der Waals surface area contributed by atoms with Crippen LogP contribution in [-0.2, 0) is 12.7 Å². The van der Waals surface area contributed by atoms with E-state index in [-0.39, 0.29) is 23.1 Å². The Balaban J connectivity index is 1.67. The van der Waals surface area contributed by atoms with Crippen molar-refractivity contribution in [3.8, 4) is 11.5 Å². The molecule has 140 valence electrons. The van der Waals surface area contributed by atoms with Crippen LogP contribution in [-0.4, -0.2) is 9.97 Å². The van der Waals surface area contributed by atoms with Crippen molar-refractivity contribution in [3.63, 3.8) is 0 Å². The summed E-state index contributed by atoms with van der Waals surface area (Å²) in [5, 5.41) is 2.60. The van der Waals surface area contributed by atoms with Crippen LogP contribution in [0.2, 0.25) is 5.02 Å². The van der Waals surface area contributed by atoms with Crippen LogP contribution in [0.5, 0.6) is 11.5 Å². The highest BCUT2D eigenvalue weighted by molar-refractivity contribution is 6.32. The Kier molecular flexibility index (Phi) is 5.46. The lowest BCUT2D eigenvalue weighted by molar-refractivity contribution is -0.137. The van der Waals surface area contributed by atoms with Gasteiger partial charge in [0.25, 0.3) is 0 Å². The molecule has 3 aromatic rings. The van der Waals surface area contributed by atoms with Gasteiger partial charge in [0.1, 0.15) is 11.6 Å². The molecule has 3 rings (SSSR count). The zero-order valence-corrected chi connectivity index (χ0v) is 14.4. The quantitative estimate of drug-likeness (QED) is 0.562. The fourth-order valence-electron chi connectivity index (χ4n) is 2.18. The van der Waals surface area contributed by atoms with Crippen LogP contribution in [0.25, 0.3) is 0 Å². The molecule has 0 unspecified atom stereocenters. The first kappa shape index (κ1) is 18.9. The molecule has 2 aromatic heterocycles. The number of aromatic nitrogens is 2. The minimum atomic E-state index is -4.53. The lowest BCUT2D eigenvalue weighted by Gasteiger charge is -2.12. The molecule has 4 nitrogen and oxygen atoms in total. The Hall–Kier alpha value is -2.87. The molecule has 27 heavy (non-hydrogen) atoms. The molecule has 0 aliphatic rings. The number of halogens is 5. The highest BCUT2D eigenvalue weighted by atomic mass is 35.5. The van der Waals surface area contributed by atoms with Gasteiger partial charge in [0.15, 0.2) is 11.6 Å². The standard InChI is InChI=1S/C18H12ClF4N3O/c19-14-7-12(18(21,22)23)9-26-17(14)25-8-11-3-4-16(15(20)6-11)27-13-2-1-5-24-10-13/h1-7,9-10H,8H2,(H,25,26). The minimum absolute atomic E-state index is 0.0254. The van der Waals surface area contributed by atoms with Gasteiger partial charge in [-0.2, -0.15) is 13.2 Å². The number of benzene rings is 1. The summed E-state index contributed by atoms with van der Waals surface area (Å²) in [6.07, 6.45) is -0.826. The van der Waals surface area contributed by atoms with E-state index in [1.807, 2.05) is 0 Å². The summed E-state index contributed by atoms with van der Waals surface area (Å²) in [5.41, 5.74) is -0.412. The molecule has 1 N–H and O–H groups in total. The summed E-state index contributed by atoms with van der Waals surface area (Å²) in [5.74, 6) is -0.106. The van der Waals surface area contributed by atoms with Crippen molar-refractivity contribution in [2.75, 3.05) is 5.32 Å². The lowest BCUT2D eigenvalue weighted by atomic mass is 10.2. The van der Waals surface area contributed by atoms with Gasteiger partial charge in [0, 0.05) is 18.9 Å². The summed E-state index contributed by atoms with van der Waals surface area (Å²) in [6.45, 7) is 0.113. The number of nitrogens with one attached hydrogen (secondary N) is 1. The van der Waals surface area contributed by atoms with E-state index in [9.17, 15) is 17.6 Å². The third-order valence-corrected chi connectivity index (χ3v) is 3.78. The van der Waals surface area contributed by atoms with Gasteiger partial charge >= 0.3 is 6.18 Å². The van der Waals surface area contributed by atoms with Crippen LogP contribution in [0.1, 0.15) is 11.1 Å². The number of hydrogen-bond donors (Lipinski definition) is 1. The van der Waals surface area contributed by atoms with Gasteiger partial charge in [-0.1, -0.05) is 17.7 Å². The number of rotatable bonds is 5. The first-order valence-electron chi connectivity index (χ1n) is 7.66. The SMILES string of the molecule is Fc1cc(CNc2ncc(C(F)(F)F)cc2Cl)ccc1Oc1cccnc1. The van der Waals surface area contributed by atoms with Gasteiger partial charge in [0.2, 0.25) is 0 Å². The largest absolute Gasteiger partial charge is 0.453 e. The number of hydrogen-bond acceptors (Lipinski definition) is 4. The summed E-state index contributed by atoms with van der Waals surface area (Å²) < 4.78 is 57.4. The molecule has 1 aromatic carbocycles. The van der Waals surface area contributed by atoms with E-state index in [0.29, 0.717) is 17.5 Å². The van der Waals surface area contributed by atoms with E-state index in [4.69, 9.17) is 16.3 Å². The van der Waals surface area contributed by atoms with Crippen molar-refractivity contribution in [3.05, 3.63) is 77.0 Å². The Morgan fingerprint density at radius 2 is 1.93 bits per heavy atom. The molecule has 0 spiro atoms. The maximum Gasteiger partial charge on any atom is 0.417 e. The van der Waals surface area contributed by atoms with E-state index < -0.39 is 17.6 Å². The Labute approximate surface area is 156 Å². The monoisotopic (exact) mass is 397 g/mol. The molecular weight excluding hydrogens is 386 g/mol. The van der Waals surface area contributed by atoms with Crippen molar-refractivity contribution in [2.45, 2.75) is 12.7 Å².